The number of aromatic nitrogens is 1. The van der Waals surface area contributed by atoms with Crippen LogP contribution in [0.15, 0.2) is 282 Å². The molecule has 339 valence electrons. The lowest BCUT2D eigenvalue weighted by molar-refractivity contribution is 0.632. The number of rotatable bonds is 9. The molecule has 72 heavy (non-hydrogen) atoms. The van der Waals surface area contributed by atoms with Crippen molar-refractivity contribution in [1.82, 2.24) is 4.57 Å². The minimum Gasteiger partial charge on any atom is -0.456 e. The van der Waals surface area contributed by atoms with Gasteiger partial charge in [-0.25, -0.2) is 0 Å². The lowest BCUT2D eigenvalue weighted by atomic mass is 9.97. The van der Waals surface area contributed by atoms with Gasteiger partial charge in [0.1, 0.15) is 22.5 Å². The minimum absolute atomic E-state index is 0.842. The van der Waals surface area contributed by atoms with Crippen LogP contribution < -0.4 is 20.7 Å². The van der Waals surface area contributed by atoms with Gasteiger partial charge in [-0.3, -0.25) is 0 Å². The van der Waals surface area contributed by atoms with Crippen LogP contribution in [0.2, 0.25) is 0 Å². The molecule has 0 saturated carbocycles. The lowest BCUT2D eigenvalue weighted by Crippen LogP contribution is -2.74. The Kier molecular flexibility index (Phi) is 9.87. The van der Waals surface area contributed by atoms with E-state index >= 15 is 0 Å². The molecule has 0 atom stereocenters. The highest BCUT2D eigenvalue weighted by molar-refractivity contribution is 7.19. The maximum absolute atomic E-state index is 6.86. The summed E-state index contributed by atoms with van der Waals surface area (Å²) >= 11 is 0. The molecular weight excluding hydrogens is 891 g/mol. The van der Waals surface area contributed by atoms with Crippen LogP contribution in [0.5, 0.6) is 0 Å². The third-order valence-electron chi connectivity index (χ3n) is 14.7. The molecular formula is C68H45NO2Si-. The summed E-state index contributed by atoms with van der Waals surface area (Å²) in [7, 11) is -2.69. The molecule has 0 bridgehead atoms. The summed E-state index contributed by atoms with van der Waals surface area (Å²) in [6.45, 7) is 0. The quantitative estimate of drug-likeness (QED) is 0.107. The van der Waals surface area contributed by atoms with E-state index in [0.29, 0.717) is 0 Å². The number of furan rings is 2. The predicted octanol–water partition coefficient (Wildman–Crippen LogP) is 15.5. The first-order chi connectivity index (χ1) is 35.7. The molecule has 3 nitrogen and oxygen atoms in total. The largest absolute Gasteiger partial charge is 0.456 e. The molecule has 0 N–H and O–H groups in total. The van der Waals surface area contributed by atoms with E-state index < -0.39 is 8.07 Å². The van der Waals surface area contributed by atoms with E-state index in [1.54, 1.807) is 0 Å². The van der Waals surface area contributed by atoms with Gasteiger partial charge in [-0.15, -0.1) is 0 Å². The van der Waals surface area contributed by atoms with E-state index in [0.717, 1.165) is 72.2 Å². The fourth-order valence-electron chi connectivity index (χ4n) is 11.4. The summed E-state index contributed by atoms with van der Waals surface area (Å²) in [5, 5.41) is 11.1. The normalized spacial score (nSPS) is 11.9. The van der Waals surface area contributed by atoms with Gasteiger partial charge in [-0.2, -0.15) is 20.7 Å². The van der Waals surface area contributed by atoms with Crippen LogP contribution in [0, 0.1) is 0 Å². The van der Waals surface area contributed by atoms with E-state index in [1.165, 1.54) is 53.7 Å². The van der Waals surface area contributed by atoms with Crippen molar-refractivity contribution in [2.24, 2.45) is 0 Å². The summed E-state index contributed by atoms with van der Waals surface area (Å²) in [5.41, 5.74) is 13.9. The first-order valence-electron chi connectivity index (χ1n) is 24.6. The van der Waals surface area contributed by atoms with Crippen LogP contribution in [0.3, 0.4) is 0 Å². The molecule has 3 aromatic heterocycles. The van der Waals surface area contributed by atoms with Gasteiger partial charge in [0.15, 0.2) is 0 Å². The smallest absolute Gasteiger partial charge is 0.142 e. The Bertz CT molecular complexity index is 4230. The van der Waals surface area contributed by atoms with Crippen molar-refractivity contribution in [2.75, 3.05) is 0 Å². The van der Waals surface area contributed by atoms with Gasteiger partial charge in [-0.05, 0) is 109 Å². The Labute approximate surface area is 418 Å². The standard InChI is InChI=1S/C68H45NO2Si/c1-5-22-53(23-6-1)69-63-33-14-13-31-59(63)60-44-51(34-37-64(60)69)67-45-52-21-17-32-58(68(52)71-67)50-36-39-66-62(43-50)61-42-49(35-38-65(61)70-66)47-19-15-18-46(40-47)48-20-16-30-57(41-48)72(54-24-7-2-8-25-54,55-26-9-3-10-27-55)56-28-11-4-12-29-56/h1-45H/q-1. The average Bonchev–Trinajstić information content (AvgIpc) is 4.16. The predicted molar refractivity (Wildman–Crippen MR) is 303 cm³/mol. The van der Waals surface area contributed by atoms with Gasteiger partial charge in [0.25, 0.3) is 0 Å². The molecule has 0 aliphatic carbocycles. The molecule has 0 aliphatic heterocycles. The van der Waals surface area contributed by atoms with Gasteiger partial charge < -0.3 is 13.4 Å². The third kappa shape index (κ3) is 6.79. The Hall–Kier alpha value is -9.22. The molecule has 14 aromatic rings. The Morgan fingerprint density at radius 1 is 0.292 bits per heavy atom. The molecule has 0 unspecified atom stereocenters. The molecule has 11 aromatic carbocycles. The molecule has 0 aliphatic rings. The molecule has 0 amide bonds. The lowest BCUT2D eigenvalue weighted by Gasteiger charge is -2.47. The van der Waals surface area contributed by atoms with Crippen molar-refractivity contribution < 1.29 is 8.83 Å². The Morgan fingerprint density at radius 3 is 1.47 bits per heavy atom. The second-order valence-electron chi connectivity index (χ2n) is 18.8. The summed E-state index contributed by atoms with van der Waals surface area (Å²) in [6, 6.07) is 99.2. The Balaban J connectivity index is 0.828. The first-order valence-corrected chi connectivity index (χ1v) is 26.6. The zero-order chi connectivity index (χ0) is 47.6. The number of hydrogen-bond acceptors (Lipinski definition) is 2. The maximum Gasteiger partial charge on any atom is 0.142 e. The summed E-state index contributed by atoms with van der Waals surface area (Å²) < 4.78 is 15.7. The number of para-hydroxylation sites is 3. The fraction of sp³-hybridized carbons (Fsp3) is 0. The van der Waals surface area contributed by atoms with Crippen LogP contribution in [0.25, 0.3) is 105 Å². The molecule has 0 radical (unpaired) electrons. The summed E-state index contributed by atoms with van der Waals surface area (Å²) in [4.78, 5) is 0. The molecule has 14 rings (SSSR count). The van der Waals surface area contributed by atoms with Gasteiger partial charge in [0.2, 0.25) is 0 Å². The Morgan fingerprint density at radius 2 is 0.792 bits per heavy atom. The van der Waals surface area contributed by atoms with Crippen molar-refractivity contribution >= 4 is 83.5 Å². The van der Waals surface area contributed by atoms with Gasteiger partial charge >= 0.3 is 0 Å². The topological polar surface area (TPSA) is 31.2 Å². The van der Waals surface area contributed by atoms with Crippen LogP contribution in [-0.2, 0) is 0 Å². The van der Waals surface area contributed by atoms with Crippen molar-refractivity contribution in [3.05, 3.63) is 273 Å². The first kappa shape index (κ1) is 41.7. The highest BCUT2D eigenvalue weighted by Gasteiger charge is 2.28. The number of benzene rings is 11. The molecule has 0 saturated heterocycles. The highest BCUT2D eigenvalue weighted by Crippen LogP contribution is 2.41. The highest BCUT2D eigenvalue weighted by atomic mass is 28.3. The number of nitrogens with zero attached hydrogens (tertiary/aromatic N) is 1. The summed E-state index contributed by atoms with van der Waals surface area (Å²) in [5.74, 6) is 0.842. The van der Waals surface area contributed by atoms with Crippen molar-refractivity contribution in [1.29, 1.82) is 0 Å². The fourth-order valence-corrected chi connectivity index (χ4v) is 16.2. The van der Waals surface area contributed by atoms with Gasteiger partial charge in [-0.1, -0.05) is 200 Å². The second kappa shape index (κ2) is 17.0. The van der Waals surface area contributed by atoms with E-state index in [-0.39, 0.29) is 0 Å². The SMILES string of the molecule is c1ccc(-n2c3ccccc3c3cc(-c4cc5cccc(-c6ccc7oc8ccc(-c9cccc(-c%10cccc([Si-](c%11ccccc%11)(c%11ccccc%11)c%11ccccc%11)c%10)c9)cc8c7c6)c5o4)ccc32)cc1. The molecule has 0 fully saturated rings. The van der Waals surface area contributed by atoms with E-state index in [4.69, 9.17) is 8.83 Å². The zero-order valence-corrected chi connectivity index (χ0v) is 40.2. The van der Waals surface area contributed by atoms with Crippen LogP contribution in [0.4, 0.5) is 0 Å². The summed E-state index contributed by atoms with van der Waals surface area (Å²) in [6.07, 6.45) is 0. The maximum atomic E-state index is 6.86. The average molecular weight is 936 g/mol. The zero-order valence-electron chi connectivity index (χ0n) is 39.2. The van der Waals surface area contributed by atoms with E-state index in [1.807, 2.05) is 0 Å². The number of hydrogen-bond donors (Lipinski definition) is 0. The van der Waals surface area contributed by atoms with Crippen LogP contribution in [0.1, 0.15) is 0 Å². The van der Waals surface area contributed by atoms with Crippen molar-refractivity contribution in [3.8, 4) is 50.4 Å². The van der Waals surface area contributed by atoms with E-state index in [2.05, 4.69) is 278 Å². The van der Waals surface area contributed by atoms with E-state index in [9.17, 15) is 0 Å². The van der Waals surface area contributed by atoms with Crippen LogP contribution in [-0.4, -0.2) is 12.6 Å². The molecule has 4 heteroatoms. The molecule has 3 heterocycles. The van der Waals surface area contributed by atoms with Crippen molar-refractivity contribution in [3.63, 3.8) is 0 Å². The third-order valence-corrected chi connectivity index (χ3v) is 19.5. The van der Waals surface area contributed by atoms with Gasteiger partial charge in [0, 0.05) is 43.7 Å². The van der Waals surface area contributed by atoms with Crippen molar-refractivity contribution in [2.45, 2.75) is 0 Å². The monoisotopic (exact) mass is 935 g/mol. The van der Waals surface area contributed by atoms with Gasteiger partial charge in [0.05, 0.1) is 11.0 Å². The van der Waals surface area contributed by atoms with Crippen LogP contribution >= 0.6 is 0 Å². The molecule has 0 spiro atoms. The second-order valence-corrected chi connectivity index (χ2v) is 22.6. The number of fused-ring (bicyclic) bond motifs is 7. The minimum atomic E-state index is -2.69.